The Morgan fingerprint density at radius 3 is 1.27 bits per heavy atom. The molecule has 0 aliphatic heterocycles. The molecule has 0 aromatic carbocycles. The minimum Gasteiger partial charge on any atom is -0.309 e. The molecule has 0 rings (SSSR count). The third kappa shape index (κ3) is 24.9. The van der Waals surface area contributed by atoms with Gasteiger partial charge in [-0.25, -0.2) is 0 Å². The molecule has 0 saturated carbocycles. The van der Waals surface area contributed by atoms with Crippen LogP contribution >= 0.6 is 0 Å². The molecule has 0 aliphatic rings. The first-order valence-electron chi connectivity index (χ1n) is 6.05. The maximum atomic E-state index is 2.25. The summed E-state index contributed by atoms with van der Waals surface area (Å²) >= 11 is 0. The Bertz CT molecular complexity index is 104. The fourth-order valence-electron chi connectivity index (χ4n) is 1.25. The molecule has 0 atom stereocenters. The lowest BCUT2D eigenvalue weighted by molar-refractivity contribution is 0.354. The average Bonchev–Trinajstić information content (AvgIpc) is 1.99. The third-order valence-electron chi connectivity index (χ3n) is 1.88. The Hall–Kier alpha value is -0.0800. The lowest BCUT2D eigenvalue weighted by Gasteiger charge is -2.10. The Kier molecular flexibility index (Phi) is 12.1. The predicted octanol–water partition coefficient (Wildman–Crippen LogP) is 2.80. The van der Waals surface area contributed by atoms with Gasteiger partial charge in [0.15, 0.2) is 0 Å². The van der Waals surface area contributed by atoms with Crippen molar-refractivity contribution in [2.75, 3.05) is 41.3 Å². The van der Waals surface area contributed by atoms with Crippen molar-refractivity contribution in [1.82, 2.24) is 9.80 Å². The van der Waals surface area contributed by atoms with Crippen molar-refractivity contribution in [3.63, 3.8) is 0 Å². The highest BCUT2D eigenvalue weighted by Gasteiger charge is 1.93. The SMILES string of the molecule is CC(C)CCN(C)C.CC(C)CN(C)C. The van der Waals surface area contributed by atoms with Crippen molar-refractivity contribution < 1.29 is 0 Å². The highest BCUT2D eigenvalue weighted by Crippen LogP contribution is 1.98. The maximum absolute atomic E-state index is 2.25. The normalized spacial score (nSPS) is 11.2. The van der Waals surface area contributed by atoms with Crippen LogP contribution in [0.25, 0.3) is 0 Å². The van der Waals surface area contributed by atoms with Crippen LogP contribution in [-0.2, 0) is 0 Å². The summed E-state index contributed by atoms with van der Waals surface area (Å²) in [5.41, 5.74) is 0. The fourth-order valence-corrected chi connectivity index (χ4v) is 1.25. The molecule has 0 aromatic rings. The molecule has 0 spiro atoms. The summed E-state index contributed by atoms with van der Waals surface area (Å²) in [7, 11) is 8.42. The van der Waals surface area contributed by atoms with E-state index in [0.717, 1.165) is 11.8 Å². The van der Waals surface area contributed by atoms with Gasteiger partial charge in [0.1, 0.15) is 0 Å². The van der Waals surface area contributed by atoms with E-state index in [1.54, 1.807) is 0 Å². The molecule has 0 heterocycles. The Morgan fingerprint density at radius 1 is 0.733 bits per heavy atom. The Labute approximate surface area is 97.6 Å². The number of hydrogen-bond donors (Lipinski definition) is 0. The molecule has 0 aromatic heterocycles. The number of hydrogen-bond acceptors (Lipinski definition) is 2. The monoisotopic (exact) mass is 216 g/mol. The lowest BCUT2D eigenvalue weighted by Crippen LogP contribution is -2.17. The lowest BCUT2D eigenvalue weighted by atomic mass is 10.1. The standard InChI is InChI=1S/C7H17N.C6H15N/c1-7(2)5-6-8(3)4;1-6(2)5-7(3)4/h7H,5-6H2,1-4H3;6H,5H2,1-4H3. The fraction of sp³-hybridized carbons (Fsp3) is 1.00. The van der Waals surface area contributed by atoms with Crippen LogP contribution < -0.4 is 0 Å². The van der Waals surface area contributed by atoms with Gasteiger partial charge in [-0.2, -0.15) is 0 Å². The summed E-state index contributed by atoms with van der Waals surface area (Å²) < 4.78 is 0. The van der Waals surface area contributed by atoms with E-state index in [2.05, 4.69) is 65.7 Å². The minimum atomic E-state index is 0.801. The van der Waals surface area contributed by atoms with E-state index in [9.17, 15) is 0 Å². The first-order chi connectivity index (χ1) is 6.75. The third-order valence-corrected chi connectivity index (χ3v) is 1.88. The first kappa shape index (κ1) is 17.3. The summed E-state index contributed by atoms with van der Waals surface area (Å²) in [6.45, 7) is 11.4. The van der Waals surface area contributed by atoms with E-state index in [4.69, 9.17) is 0 Å². The highest BCUT2D eigenvalue weighted by molar-refractivity contribution is 4.47. The van der Waals surface area contributed by atoms with E-state index in [0.29, 0.717) is 0 Å². The van der Waals surface area contributed by atoms with Crippen LogP contribution in [0, 0.1) is 11.8 Å². The van der Waals surface area contributed by atoms with Crippen molar-refractivity contribution in [1.29, 1.82) is 0 Å². The minimum absolute atomic E-state index is 0.801. The molecule has 0 fully saturated rings. The van der Waals surface area contributed by atoms with Gasteiger partial charge in [0.2, 0.25) is 0 Å². The van der Waals surface area contributed by atoms with Gasteiger partial charge >= 0.3 is 0 Å². The second kappa shape index (κ2) is 10.4. The van der Waals surface area contributed by atoms with Crippen molar-refractivity contribution in [3.05, 3.63) is 0 Å². The zero-order valence-electron chi connectivity index (χ0n) is 12.2. The van der Waals surface area contributed by atoms with E-state index >= 15 is 0 Å². The second-order valence-electron chi connectivity index (χ2n) is 5.64. The largest absolute Gasteiger partial charge is 0.309 e. The summed E-state index contributed by atoms with van der Waals surface area (Å²) in [6.07, 6.45) is 1.31. The van der Waals surface area contributed by atoms with Gasteiger partial charge in [0, 0.05) is 0 Å². The van der Waals surface area contributed by atoms with Crippen LogP contribution in [0.1, 0.15) is 34.1 Å². The zero-order chi connectivity index (χ0) is 12.4. The van der Waals surface area contributed by atoms with Crippen molar-refractivity contribution in [3.8, 4) is 0 Å². The molecule has 2 heteroatoms. The number of rotatable bonds is 5. The maximum Gasteiger partial charge on any atom is -0.000172 e. The Balaban J connectivity index is 0. The second-order valence-corrected chi connectivity index (χ2v) is 5.64. The van der Waals surface area contributed by atoms with Gasteiger partial charge in [-0.1, -0.05) is 27.7 Å². The summed E-state index contributed by atoms with van der Waals surface area (Å²) in [5.74, 6) is 1.65. The Morgan fingerprint density at radius 2 is 1.20 bits per heavy atom. The summed E-state index contributed by atoms with van der Waals surface area (Å²) in [5, 5.41) is 0. The topological polar surface area (TPSA) is 6.48 Å². The van der Waals surface area contributed by atoms with Crippen LogP contribution in [0.5, 0.6) is 0 Å². The number of nitrogens with zero attached hydrogens (tertiary/aromatic N) is 2. The summed E-state index contributed by atoms with van der Waals surface area (Å²) in [4.78, 5) is 4.42. The van der Waals surface area contributed by atoms with E-state index in [-0.39, 0.29) is 0 Å². The van der Waals surface area contributed by atoms with E-state index in [1.807, 2.05) is 0 Å². The molecule has 0 radical (unpaired) electrons. The molecule has 0 unspecified atom stereocenters. The van der Waals surface area contributed by atoms with Crippen LogP contribution in [-0.4, -0.2) is 51.1 Å². The molecule has 0 amide bonds. The van der Waals surface area contributed by atoms with Gasteiger partial charge < -0.3 is 9.80 Å². The zero-order valence-corrected chi connectivity index (χ0v) is 12.2. The quantitative estimate of drug-likeness (QED) is 0.697. The molecule has 0 bridgehead atoms. The van der Waals surface area contributed by atoms with Crippen LogP contribution in [0.4, 0.5) is 0 Å². The van der Waals surface area contributed by atoms with Crippen LogP contribution in [0.2, 0.25) is 0 Å². The molecule has 2 nitrogen and oxygen atoms in total. The highest BCUT2D eigenvalue weighted by atomic mass is 15.1. The predicted molar refractivity (Wildman–Crippen MR) is 71.4 cm³/mol. The van der Waals surface area contributed by atoms with E-state index in [1.165, 1.54) is 19.5 Å². The van der Waals surface area contributed by atoms with Gasteiger partial charge in [0.05, 0.1) is 0 Å². The summed E-state index contributed by atoms with van der Waals surface area (Å²) in [6, 6.07) is 0. The molecular weight excluding hydrogens is 184 g/mol. The molecule has 15 heavy (non-hydrogen) atoms. The smallest absolute Gasteiger partial charge is 0.000172 e. The van der Waals surface area contributed by atoms with Crippen LogP contribution in [0.3, 0.4) is 0 Å². The molecule has 0 aliphatic carbocycles. The van der Waals surface area contributed by atoms with Gasteiger partial charge in [-0.3, -0.25) is 0 Å². The molecule has 0 saturated heterocycles. The molecule has 94 valence electrons. The molecule has 0 N–H and O–H groups in total. The van der Waals surface area contributed by atoms with Crippen LogP contribution in [0.15, 0.2) is 0 Å². The van der Waals surface area contributed by atoms with E-state index < -0.39 is 0 Å². The van der Waals surface area contributed by atoms with Crippen molar-refractivity contribution in [2.45, 2.75) is 34.1 Å². The van der Waals surface area contributed by atoms with Gasteiger partial charge in [-0.15, -0.1) is 0 Å². The van der Waals surface area contributed by atoms with Gasteiger partial charge in [-0.05, 0) is 59.5 Å². The van der Waals surface area contributed by atoms with Gasteiger partial charge in [0.25, 0.3) is 0 Å². The first-order valence-corrected chi connectivity index (χ1v) is 6.05. The molecular formula is C13H32N2. The van der Waals surface area contributed by atoms with Crippen molar-refractivity contribution in [2.24, 2.45) is 11.8 Å². The van der Waals surface area contributed by atoms with Crippen molar-refractivity contribution >= 4 is 0 Å². The average molecular weight is 216 g/mol.